The van der Waals surface area contributed by atoms with Gasteiger partial charge in [0.25, 0.3) is 0 Å². The molecule has 3 nitrogen and oxygen atoms in total. The van der Waals surface area contributed by atoms with Gasteiger partial charge in [0.05, 0.1) is 19.3 Å². The van der Waals surface area contributed by atoms with Crippen molar-refractivity contribution in [2.45, 2.75) is 211 Å². The lowest BCUT2D eigenvalue weighted by molar-refractivity contribution is 0.274. The molecule has 1 N–H and O–H groups in total. The van der Waals surface area contributed by atoms with Crippen LogP contribution >= 0.6 is 0 Å². The average Bonchev–Trinajstić information content (AvgIpc) is 3.17. The van der Waals surface area contributed by atoms with Gasteiger partial charge in [0.15, 0.2) is 0 Å². The second kappa shape index (κ2) is 31.8. The first kappa shape index (κ1) is 52.1. The first-order valence-electron chi connectivity index (χ1n) is 25.0. The summed E-state index contributed by atoms with van der Waals surface area (Å²) in [5, 5.41) is 3.70. The van der Waals surface area contributed by atoms with E-state index < -0.39 is 0 Å². The lowest BCUT2D eigenvalue weighted by Crippen LogP contribution is -2.21. The number of ether oxygens (including phenoxy) is 2. The lowest BCUT2D eigenvalue weighted by atomic mass is 9.91. The summed E-state index contributed by atoms with van der Waals surface area (Å²) >= 11 is 0. The average molecular weight is 804 g/mol. The van der Waals surface area contributed by atoms with Gasteiger partial charge in [0.1, 0.15) is 11.5 Å². The molecule has 0 saturated carbocycles. The van der Waals surface area contributed by atoms with Crippen LogP contribution in [0.2, 0.25) is 0 Å². The van der Waals surface area contributed by atoms with Crippen molar-refractivity contribution in [3.63, 3.8) is 0 Å². The fourth-order valence-electron chi connectivity index (χ4n) is 8.78. The van der Waals surface area contributed by atoms with Gasteiger partial charge < -0.3 is 14.8 Å². The van der Waals surface area contributed by atoms with E-state index in [2.05, 4.69) is 130 Å². The van der Waals surface area contributed by atoms with Gasteiger partial charge in [-0.3, -0.25) is 0 Å². The molecule has 0 aliphatic carbocycles. The number of nitrogens with one attached hydrogen (secondary N) is 1. The minimum atomic E-state index is 0.147. The van der Waals surface area contributed by atoms with Gasteiger partial charge in [-0.15, -0.1) is 0 Å². The molecule has 0 saturated heterocycles. The largest absolute Gasteiger partial charge is 0.494 e. The SMILES string of the molecule is CCNC(c1ccc(OCCC(C)CCC[C@H](C)CCC[C@H](C)CCCC(C)C)cc1)c1ccc(OCCC(C)CCC[C@H](C)CCC[C@H](C)CCCC(C)C)cc1. The van der Waals surface area contributed by atoms with Gasteiger partial charge in [-0.2, -0.15) is 0 Å². The summed E-state index contributed by atoms with van der Waals surface area (Å²) in [6.45, 7) is 28.7. The maximum Gasteiger partial charge on any atom is 0.119 e. The molecule has 334 valence electrons. The molecular weight excluding hydrogens is 707 g/mol. The van der Waals surface area contributed by atoms with E-state index in [0.717, 1.165) is 79.6 Å². The molecule has 3 heteroatoms. The number of benzene rings is 2. The number of hydrogen-bond acceptors (Lipinski definition) is 3. The van der Waals surface area contributed by atoms with Crippen molar-refractivity contribution in [1.29, 1.82) is 0 Å². The Balaban J connectivity index is 1.63. The number of hydrogen-bond donors (Lipinski definition) is 1. The third kappa shape index (κ3) is 25.6. The fourth-order valence-corrected chi connectivity index (χ4v) is 8.78. The third-order valence-electron chi connectivity index (χ3n) is 13.1. The van der Waals surface area contributed by atoms with E-state index in [-0.39, 0.29) is 6.04 Å². The van der Waals surface area contributed by atoms with Crippen LogP contribution < -0.4 is 14.8 Å². The van der Waals surface area contributed by atoms with Gasteiger partial charge >= 0.3 is 0 Å². The summed E-state index contributed by atoms with van der Waals surface area (Å²) in [4.78, 5) is 0. The predicted molar refractivity (Wildman–Crippen MR) is 256 cm³/mol. The minimum Gasteiger partial charge on any atom is -0.494 e. The molecule has 0 bridgehead atoms. The molecule has 2 aromatic carbocycles. The molecular formula is C55H97NO2. The van der Waals surface area contributed by atoms with Crippen molar-refractivity contribution in [3.8, 4) is 11.5 Å². The molecule has 2 unspecified atom stereocenters. The van der Waals surface area contributed by atoms with Crippen LogP contribution in [0.1, 0.15) is 222 Å². The smallest absolute Gasteiger partial charge is 0.119 e. The Kier molecular flexibility index (Phi) is 28.6. The molecule has 0 spiro atoms. The highest BCUT2D eigenvalue weighted by Crippen LogP contribution is 2.28. The highest BCUT2D eigenvalue weighted by atomic mass is 16.5. The van der Waals surface area contributed by atoms with Crippen molar-refractivity contribution in [1.82, 2.24) is 5.32 Å². The first-order chi connectivity index (χ1) is 27.9. The van der Waals surface area contributed by atoms with E-state index in [1.807, 2.05) is 0 Å². The van der Waals surface area contributed by atoms with Gasteiger partial charge in [-0.1, -0.05) is 216 Å². The zero-order valence-electron chi connectivity index (χ0n) is 40.4. The van der Waals surface area contributed by atoms with E-state index in [1.54, 1.807) is 0 Å². The van der Waals surface area contributed by atoms with Crippen molar-refractivity contribution in [2.24, 2.45) is 47.3 Å². The quantitative estimate of drug-likeness (QED) is 0.0744. The Bertz CT molecular complexity index is 1130. The molecule has 0 aliphatic heterocycles. The molecule has 2 aromatic rings. The predicted octanol–water partition coefficient (Wildman–Crippen LogP) is 17.1. The Morgan fingerprint density at radius 3 is 0.879 bits per heavy atom. The van der Waals surface area contributed by atoms with Crippen molar-refractivity contribution in [2.75, 3.05) is 19.8 Å². The monoisotopic (exact) mass is 804 g/mol. The molecule has 0 radical (unpaired) electrons. The molecule has 2 rings (SSSR count). The van der Waals surface area contributed by atoms with Gasteiger partial charge in [0, 0.05) is 0 Å². The second-order valence-electron chi connectivity index (χ2n) is 20.4. The summed E-state index contributed by atoms with van der Waals surface area (Å²) in [5.41, 5.74) is 2.53. The maximum absolute atomic E-state index is 6.22. The molecule has 6 atom stereocenters. The molecule has 0 amide bonds. The zero-order chi connectivity index (χ0) is 42.5. The molecule has 58 heavy (non-hydrogen) atoms. The van der Waals surface area contributed by atoms with Crippen LogP contribution in [-0.4, -0.2) is 19.8 Å². The Morgan fingerprint density at radius 1 is 0.362 bits per heavy atom. The maximum atomic E-state index is 6.22. The van der Waals surface area contributed by atoms with E-state index >= 15 is 0 Å². The summed E-state index contributed by atoms with van der Waals surface area (Å²) < 4.78 is 12.4. The second-order valence-corrected chi connectivity index (χ2v) is 20.4. The Hall–Kier alpha value is -2.00. The minimum absolute atomic E-state index is 0.147. The van der Waals surface area contributed by atoms with Crippen LogP contribution in [-0.2, 0) is 0 Å². The van der Waals surface area contributed by atoms with Crippen molar-refractivity contribution in [3.05, 3.63) is 59.7 Å². The Labute approximate surface area is 362 Å². The third-order valence-corrected chi connectivity index (χ3v) is 13.1. The van der Waals surface area contributed by atoms with Crippen LogP contribution in [0.5, 0.6) is 11.5 Å². The van der Waals surface area contributed by atoms with Crippen LogP contribution in [0.15, 0.2) is 48.5 Å². The summed E-state index contributed by atoms with van der Waals surface area (Å²) in [5.74, 6) is 8.55. The highest BCUT2D eigenvalue weighted by Gasteiger charge is 2.15. The summed E-state index contributed by atoms with van der Waals surface area (Å²) in [6, 6.07) is 17.6. The van der Waals surface area contributed by atoms with Crippen LogP contribution in [0.25, 0.3) is 0 Å². The van der Waals surface area contributed by atoms with Crippen LogP contribution in [0.4, 0.5) is 0 Å². The van der Waals surface area contributed by atoms with Crippen LogP contribution in [0.3, 0.4) is 0 Å². The van der Waals surface area contributed by atoms with Crippen molar-refractivity contribution < 1.29 is 9.47 Å². The molecule has 0 heterocycles. The summed E-state index contributed by atoms with van der Waals surface area (Å²) in [6.07, 6.45) is 27.1. The topological polar surface area (TPSA) is 30.5 Å². The van der Waals surface area contributed by atoms with E-state index in [0.29, 0.717) is 11.8 Å². The zero-order valence-corrected chi connectivity index (χ0v) is 40.4. The van der Waals surface area contributed by atoms with Crippen molar-refractivity contribution >= 4 is 0 Å². The van der Waals surface area contributed by atoms with E-state index in [1.165, 1.54) is 127 Å². The van der Waals surface area contributed by atoms with E-state index in [4.69, 9.17) is 9.47 Å². The molecule has 0 aliphatic rings. The summed E-state index contributed by atoms with van der Waals surface area (Å²) in [7, 11) is 0. The van der Waals surface area contributed by atoms with Gasteiger partial charge in [-0.05, 0) is 102 Å². The van der Waals surface area contributed by atoms with E-state index in [9.17, 15) is 0 Å². The first-order valence-corrected chi connectivity index (χ1v) is 25.0. The highest BCUT2D eigenvalue weighted by molar-refractivity contribution is 5.37. The fraction of sp³-hybridized carbons (Fsp3) is 0.782. The molecule has 0 aromatic heterocycles. The Morgan fingerprint density at radius 2 is 0.621 bits per heavy atom. The van der Waals surface area contributed by atoms with Gasteiger partial charge in [0.2, 0.25) is 0 Å². The van der Waals surface area contributed by atoms with Gasteiger partial charge in [-0.25, -0.2) is 0 Å². The normalized spacial score (nSPS) is 15.6. The van der Waals surface area contributed by atoms with Crippen LogP contribution in [0, 0.1) is 47.3 Å². The standard InChI is InChI=1S/C55H97NO2/c1-12-56-55(51-31-35-53(36-32-51)57-41-39-49(10)29-17-27-47(8)25-15-23-45(6)21-13-19-43(2)3)52-33-37-54(38-34-52)58-42-40-50(11)30-18-28-48(9)26-16-24-46(7)22-14-20-44(4)5/h31-38,43-50,55-56H,12-30,39-42H2,1-11H3/t45-,46-,47-,48-,49?,50?,55?/m1/s1. The lowest BCUT2D eigenvalue weighted by Gasteiger charge is -2.20. The number of rotatable bonds is 36. The molecule has 0 fully saturated rings.